The Morgan fingerprint density at radius 1 is 1.04 bits per heavy atom. The van der Waals surface area contributed by atoms with Gasteiger partial charge in [-0.05, 0) is 25.2 Å². The van der Waals surface area contributed by atoms with Gasteiger partial charge in [-0.15, -0.1) is 0 Å². The van der Waals surface area contributed by atoms with Crippen molar-refractivity contribution in [2.24, 2.45) is 16.7 Å². The van der Waals surface area contributed by atoms with Crippen LogP contribution in [0.4, 0.5) is 0 Å². The maximum atomic E-state index is 13.0. The van der Waals surface area contributed by atoms with Gasteiger partial charge in [-0.2, -0.15) is 0 Å². The average molecular weight is 349 g/mol. The van der Waals surface area contributed by atoms with E-state index in [1.807, 2.05) is 21.7 Å². The molecule has 0 aromatic carbocycles. The van der Waals surface area contributed by atoms with Gasteiger partial charge < -0.3 is 14.7 Å². The second-order valence-corrected chi connectivity index (χ2v) is 8.69. The second-order valence-electron chi connectivity index (χ2n) is 8.69. The topological polar surface area (TPSA) is 60.9 Å². The fourth-order valence-corrected chi connectivity index (χ4v) is 5.16. The Morgan fingerprint density at radius 2 is 1.68 bits per heavy atom. The summed E-state index contributed by atoms with van der Waals surface area (Å²) in [5.41, 5.74) is -0.615. The van der Waals surface area contributed by atoms with Gasteiger partial charge >= 0.3 is 0 Å². The molecule has 140 valence electrons. The molecule has 0 saturated carbocycles. The molecule has 2 spiro atoms. The predicted octanol–water partition coefficient (Wildman–Crippen LogP) is 1.35. The van der Waals surface area contributed by atoms with E-state index in [9.17, 15) is 14.4 Å². The molecule has 3 aliphatic heterocycles. The van der Waals surface area contributed by atoms with Crippen molar-refractivity contribution >= 4 is 17.7 Å². The standard InChI is InChI=1S/C19H31N3O3/c1-14(2)11-16(24)21-9-5-18(6-10-21)12-22(15(3)23)13-19(18)7-8-20(4)17(19)25/h14H,5-13H2,1-4H3/t19-/m0/s1. The van der Waals surface area contributed by atoms with Crippen molar-refractivity contribution in [2.75, 3.05) is 39.8 Å². The first-order valence-corrected chi connectivity index (χ1v) is 9.50. The zero-order chi connectivity index (χ0) is 18.4. The summed E-state index contributed by atoms with van der Waals surface area (Å²) in [6.45, 7) is 9.10. The lowest BCUT2D eigenvalue weighted by Crippen LogP contribution is -2.53. The first kappa shape index (κ1) is 18.2. The van der Waals surface area contributed by atoms with E-state index in [0.717, 1.165) is 25.8 Å². The summed E-state index contributed by atoms with van der Waals surface area (Å²) in [7, 11) is 1.86. The summed E-state index contributed by atoms with van der Waals surface area (Å²) in [5, 5.41) is 0. The molecule has 3 rings (SSSR count). The number of likely N-dealkylation sites (tertiary alicyclic amines) is 3. The lowest BCUT2D eigenvalue weighted by atomic mass is 9.60. The number of piperidine rings is 1. The van der Waals surface area contributed by atoms with E-state index in [4.69, 9.17) is 0 Å². The van der Waals surface area contributed by atoms with Crippen LogP contribution in [0.25, 0.3) is 0 Å². The molecule has 0 aromatic rings. The van der Waals surface area contributed by atoms with Crippen molar-refractivity contribution in [3.63, 3.8) is 0 Å². The van der Waals surface area contributed by atoms with Gasteiger partial charge in [0.05, 0.1) is 5.41 Å². The fraction of sp³-hybridized carbons (Fsp3) is 0.842. The number of fused-ring (bicyclic) bond motifs is 1. The van der Waals surface area contributed by atoms with E-state index < -0.39 is 5.41 Å². The van der Waals surface area contributed by atoms with Crippen LogP contribution in [-0.2, 0) is 14.4 Å². The molecule has 0 aliphatic carbocycles. The van der Waals surface area contributed by atoms with Crippen LogP contribution in [0, 0.1) is 16.7 Å². The van der Waals surface area contributed by atoms with Crippen LogP contribution in [0.15, 0.2) is 0 Å². The molecule has 3 aliphatic rings. The van der Waals surface area contributed by atoms with Gasteiger partial charge in [0.1, 0.15) is 0 Å². The highest BCUT2D eigenvalue weighted by atomic mass is 16.2. The van der Waals surface area contributed by atoms with Crippen LogP contribution in [0.3, 0.4) is 0 Å². The normalized spacial score (nSPS) is 28.7. The third kappa shape index (κ3) is 2.83. The summed E-state index contributed by atoms with van der Waals surface area (Å²) < 4.78 is 0. The fourth-order valence-electron chi connectivity index (χ4n) is 5.16. The molecule has 25 heavy (non-hydrogen) atoms. The minimum atomic E-state index is -0.444. The Hall–Kier alpha value is -1.59. The largest absolute Gasteiger partial charge is 0.345 e. The third-order valence-electron chi connectivity index (χ3n) is 6.70. The van der Waals surface area contributed by atoms with E-state index in [0.29, 0.717) is 38.5 Å². The van der Waals surface area contributed by atoms with Crippen molar-refractivity contribution in [3.05, 3.63) is 0 Å². The lowest BCUT2D eigenvalue weighted by Gasteiger charge is -2.46. The van der Waals surface area contributed by atoms with Crippen LogP contribution in [-0.4, -0.2) is 72.2 Å². The van der Waals surface area contributed by atoms with E-state index in [1.54, 1.807) is 6.92 Å². The molecule has 3 amide bonds. The molecule has 3 saturated heterocycles. The minimum Gasteiger partial charge on any atom is -0.345 e. The molecule has 0 aromatic heterocycles. The Balaban J connectivity index is 1.81. The number of amides is 3. The molecule has 0 N–H and O–H groups in total. The van der Waals surface area contributed by atoms with E-state index in [1.165, 1.54) is 0 Å². The van der Waals surface area contributed by atoms with Crippen LogP contribution < -0.4 is 0 Å². The number of carbonyl (C=O) groups excluding carboxylic acids is 3. The molecule has 0 bridgehead atoms. The van der Waals surface area contributed by atoms with Gasteiger partial charge in [0, 0.05) is 58.5 Å². The molecule has 3 heterocycles. The number of carbonyl (C=O) groups is 3. The number of nitrogens with zero attached hydrogens (tertiary/aromatic N) is 3. The monoisotopic (exact) mass is 349 g/mol. The summed E-state index contributed by atoms with van der Waals surface area (Å²) in [4.78, 5) is 43.1. The van der Waals surface area contributed by atoms with Crippen molar-refractivity contribution in [2.45, 2.75) is 46.5 Å². The van der Waals surface area contributed by atoms with Crippen LogP contribution in [0.5, 0.6) is 0 Å². The smallest absolute Gasteiger partial charge is 0.231 e. The van der Waals surface area contributed by atoms with Gasteiger partial charge in [0.2, 0.25) is 17.7 Å². The zero-order valence-electron chi connectivity index (χ0n) is 16.0. The Bertz CT molecular complexity index is 580. The predicted molar refractivity (Wildman–Crippen MR) is 94.6 cm³/mol. The highest BCUT2D eigenvalue weighted by Gasteiger charge is 2.65. The summed E-state index contributed by atoms with van der Waals surface area (Å²) in [5.74, 6) is 0.824. The third-order valence-corrected chi connectivity index (χ3v) is 6.70. The number of hydrogen-bond acceptors (Lipinski definition) is 3. The minimum absolute atomic E-state index is 0.0527. The second kappa shape index (κ2) is 6.29. The molecule has 3 fully saturated rings. The maximum Gasteiger partial charge on any atom is 0.231 e. The molecule has 0 unspecified atom stereocenters. The Kier molecular flexibility index (Phi) is 4.58. The Morgan fingerprint density at radius 3 is 2.16 bits per heavy atom. The van der Waals surface area contributed by atoms with Crippen molar-refractivity contribution in [1.82, 2.24) is 14.7 Å². The van der Waals surface area contributed by atoms with Gasteiger partial charge in [-0.25, -0.2) is 0 Å². The first-order valence-electron chi connectivity index (χ1n) is 9.50. The zero-order valence-corrected chi connectivity index (χ0v) is 16.0. The van der Waals surface area contributed by atoms with Crippen molar-refractivity contribution in [3.8, 4) is 0 Å². The van der Waals surface area contributed by atoms with Crippen LogP contribution in [0.1, 0.15) is 46.5 Å². The Labute approximate surface area is 150 Å². The molecule has 1 atom stereocenters. The number of hydrogen-bond donors (Lipinski definition) is 0. The van der Waals surface area contributed by atoms with Crippen LogP contribution in [0.2, 0.25) is 0 Å². The van der Waals surface area contributed by atoms with E-state index in [-0.39, 0.29) is 23.1 Å². The van der Waals surface area contributed by atoms with Crippen molar-refractivity contribution < 1.29 is 14.4 Å². The van der Waals surface area contributed by atoms with Gasteiger partial charge in [-0.1, -0.05) is 13.8 Å². The van der Waals surface area contributed by atoms with Crippen LogP contribution >= 0.6 is 0 Å². The summed E-state index contributed by atoms with van der Waals surface area (Å²) >= 11 is 0. The summed E-state index contributed by atoms with van der Waals surface area (Å²) in [6.07, 6.45) is 3.05. The SMILES string of the molecule is CC(=O)N1CC2(CCN(C(=O)CC(C)C)CC2)[C@@]2(CCN(C)C2=O)C1. The lowest BCUT2D eigenvalue weighted by molar-refractivity contribution is -0.143. The van der Waals surface area contributed by atoms with E-state index in [2.05, 4.69) is 13.8 Å². The first-order chi connectivity index (χ1) is 11.7. The van der Waals surface area contributed by atoms with Gasteiger partial charge in [0.15, 0.2) is 0 Å². The van der Waals surface area contributed by atoms with Crippen molar-refractivity contribution in [1.29, 1.82) is 0 Å². The number of rotatable bonds is 2. The molecular weight excluding hydrogens is 318 g/mol. The summed E-state index contributed by atoms with van der Waals surface area (Å²) in [6, 6.07) is 0. The van der Waals surface area contributed by atoms with Gasteiger partial charge in [-0.3, -0.25) is 14.4 Å². The highest BCUT2D eigenvalue weighted by molar-refractivity contribution is 5.88. The maximum absolute atomic E-state index is 13.0. The molecule has 6 heteroatoms. The molecule has 6 nitrogen and oxygen atoms in total. The van der Waals surface area contributed by atoms with Gasteiger partial charge in [0.25, 0.3) is 0 Å². The van der Waals surface area contributed by atoms with E-state index >= 15 is 0 Å². The molecule has 0 radical (unpaired) electrons. The molecular formula is C19H31N3O3. The average Bonchev–Trinajstić information content (AvgIpc) is 3.01. The highest BCUT2D eigenvalue weighted by Crippen LogP contribution is 2.57. The quantitative estimate of drug-likeness (QED) is 0.756.